The van der Waals surface area contributed by atoms with Crippen LogP contribution < -0.4 is 9.64 Å². The van der Waals surface area contributed by atoms with Crippen molar-refractivity contribution in [2.45, 2.75) is 24.7 Å². The molecule has 1 aliphatic heterocycles. The molecule has 7 heteroatoms. The van der Waals surface area contributed by atoms with Crippen LogP contribution in [0.15, 0.2) is 84.0 Å². The lowest BCUT2D eigenvalue weighted by atomic mass is 9.96. The van der Waals surface area contributed by atoms with E-state index < -0.39 is 9.84 Å². The zero-order chi connectivity index (χ0) is 24.3. The van der Waals surface area contributed by atoms with Gasteiger partial charge in [-0.2, -0.15) is 0 Å². The number of benzene rings is 2. The summed E-state index contributed by atoms with van der Waals surface area (Å²) in [7, 11) is -3.29. The Morgan fingerprint density at radius 1 is 0.971 bits per heavy atom. The Labute approximate surface area is 206 Å². The highest BCUT2D eigenvalue weighted by Gasteiger charge is 2.24. The van der Waals surface area contributed by atoms with Gasteiger partial charge in [0.15, 0.2) is 9.84 Å². The van der Waals surface area contributed by atoms with Crippen molar-refractivity contribution in [3.05, 3.63) is 79.1 Å². The van der Waals surface area contributed by atoms with Crippen molar-refractivity contribution in [3.8, 4) is 17.0 Å². The van der Waals surface area contributed by atoms with Gasteiger partial charge in [-0.15, -0.1) is 0 Å². The minimum Gasteiger partial charge on any atom is -0.477 e. The summed E-state index contributed by atoms with van der Waals surface area (Å²) in [6, 6.07) is 21.4. The first kappa shape index (κ1) is 23.3. The first-order valence-electron chi connectivity index (χ1n) is 12.0. The van der Waals surface area contributed by atoms with E-state index in [1.165, 1.54) is 0 Å². The molecule has 35 heavy (non-hydrogen) atoms. The quantitative estimate of drug-likeness (QED) is 0.348. The molecule has 0 unspecified atom stereocenters. The molecule has 0 aliphatic carbocycles. The van der Waals surface area contributed by atoms with Crippen LogP contribution in [0, 0.1) is 5.92 Å². The van der Waals surface area contributed by atoms with Crippen molar-refractivity contribution in [1.29, 1.82) is 0 Å². The lowest BCUT2D eigenvalue weighted by molar-refractivity contribution is 0.217. The van der Waals surface area contributed by atoms with Gasteiger partial charge in [-0.1, -0.05) is 25.1 Å². The van der Waals surface area contributed by atoms with Crippen LogP contribution in [-0.2, 0) is 9.84 Å². The molecule has 4 aromatic rings. The zero-order valence-corrected chi connectivity index (χ0v) is 20.6. The number of hydrogen-bond acceptors (Lipinski definition) is 6. The summed E-state index contributed by atoms with van der Waals surface area (Å²) in [5.74, 6) is 1.20. The number of hydrogen-bond donors (Lipinski definition) is 0. The molecule has 1 fully saturated rings. The largest absolute Gasteiger partial charge is 0.477 e. The summed E-state index contributed by atoms with van der Waals surface area (Å²) in [5, 5.41) is 1.11. The second-order valence-corrected chi connectivity index (χ2v) is 11.2. The van der Waals surface area contributed by atoms with Crippen LogP contribution in [0.4, 0.5) is 5.69 Å². The molecule has 180 valence electrons. The molecule has 0 N–H and O–H groups in total. The number of anilines is 1. The third-order valence-electron chi connectivity index (χ3n) is 6.69. The molecule has 3 heterocycles. The summed E-state index contributed by atoms with van der Waals surface area (Å²) in [5.41, 5.74) is 3.90. The standard InChI is InChI=1S/C28H29N3O3S/c1-2-35(32,33)24-8-9-27(25(19-24)22-11-15-29-16-12-22)31-17-13-21(14-18-31)20-34-28-10-7-23-5-3-4-6-26(23)30-28/h3-12,15-16,19,21H,2,13-14,17-18,20H2,1H3. The van der Waals surface area contributed by atoms with Gasteiger partial charge in [0.05, 0.1) is 22.8 Å². The minimum atomic E-state index is -3.29. The Morgan fingerprint density at radius 2 is 1.74 bits per heavy atom. The molecule has 0 saturated carbocycles. The minimum absolute atomic E-state index is 0.0829. The van der Waals surface area contributed by atoms with Crippen LogP contribution in [0.5, 0.6) is 5.88 Å². The third-order valence-corrected chi connectivity index (χ3v) is 8.43. The van der Waals surface area contributed by atoms with E-state index in [9.17, 15) is 8.42 Å². The molecule has 0 amide bonds. The van der Waals surface area contributed by atoms with Crippen molar-refractivity contribution >= 4 is 26.4 Å². The molecule has 0 atom stereocenters. The Morgan fingerprint density at radius 3 is 2.51 bits per heavy atom. The predicted octanol–water partition coefficient (Wildman–Crippen LogP) is 5.39. The van der Waals surface area contributed by atoms with Gasteiger partial charge in [0, 0.05) is 48.2 Å². The molecule has 1 saturated heterocycles. The fourth-order valence-corrected chi connectivity index (χ4v) is 5.49. The van der Waals surface area contributed by atoms with Crippen molar-refractivity contribution in [2.24, 2.45) is 5.92 Å². The molecular weight excluding hydrogens is 458 g/mol. The van der Waals surface area contributed by atoms with Crippen molar-refractivity contribution in [2.75, 3.05) is 30.3 Å². The highest BCUT2D eigenvalue weighted by Crippen LogP contribution is 2.35. The maximum absolute atomic E-state index is 12.5. The van der Waals surface area contributed by atoms with E-state index in [4.69, 9.17) is 4.74 Å². The van der Waals surface area contributed by atoms with Gasteiger partial charge >= 0.3 is 0 Å². The molecule has 5 rings (SSSR count). The second-order valence-electron chi connectivity index (χ2n) is 8.90. The second kappa shape index (κ2) is 10.0. The Balaban J connectivity index is 1.29. The summed E-state index contributed by atoms with van der Waals surface area (Å²) in [6.45, 7) is 4.09. The van der Waals surface area contributed by atoms with Gasteiger partial charge < -0.3 is 9.64 Å². The number of nitrogens with zero attached hydrogens (tertiary/aromatic N) is 3. The summed E-state index contributed by atoms with van der Waals surface area (Å²) in [6.07, 6.45) is 5.48. The number of pyridine rings is 2. The van der Waals surface area contributed by atoms with Gasteiger partial charge in [0.1, 0.15) is 0 Å². The SMILES string of the molecule is CCS(=O)(=O)c1ccc(N2CCC(COc3ccc4ccccc4n3)CC2)c(-c2ccncc2)c1. The molecule has 2 aromatic heterocycles. The highest BCUT2D eigenvalue weighted by atomic mass is 32.2. The summed E-state index contributed by atoms with van der Waals surface area (Å²) >= 11 is 0. The van der Waals surface area contributed by atoms with E-state index in [1.807, 2.05) is 60.7 Å². The van der Waals surface area contributed by atoms with E-state index in [2.05, 4.69) is 14.9 Å². The molecule has 6 nitrogen and oxygen atoms in total. The fourth-order valence-electron chi connectivity index (χ4n) is 4.59. The third kappa shape index (κ3) is 5.15. The van der Waals surface area contributed by atoms with Crippen molar-refractivity contribution in [1.82, 2.24) is 9.97 Å². The molecule has 0 radical (unpaired) electrons. The monoisotopic (exact) mass is 487 g/mol. The Hall–Kier alpha value is -3.45. The lowest BCUT2D eigenvalue weighted by Crippen LogP contribution is -2.35. The van der Waals surface area contributed by atoms with Gasteiger partial charge in [0.25, 0.3) is 0 Å². The first-order valence-corrected chi connectivity index (χ1v) is 13.7. The Kier molecular flexibility index (Phi) is 6.68. The van der Waals surface area contributed by atoms with Crippen LogP contribution in [0.3, 0.4) is 0 Å². The number of ether oxygens (including phenoxy) is 1. The van der Waals surface area contributed by atoms with Crippen molar-refractivity contribution in [3.63, 3.8) is 0 Å². The van der Waals surface area contributed by atoms with Crippen molar-refractivity contribution < 1.29 is 13.2 Å². The summed E-state index contributed by atoms with van der Waals surface area (Å²) in [4.78, 5) is 11.4. The van der Waals surface area contributed by atoms with E-state index in [0.717, 1.165) is 53.6 Å². The van der Waals surface area contributed by atoms with E-state index >= 15 is 0 Å². The van der Waals surface area contributed by atoms with Gasteiger partial charge in [-0.25, -0.2) is 13.4 Å². The predicted molar refractivity (Wildman–Crippen MR) is 140 cm³/mol. The van der Waals surface area contributed by atoms with E-state index in [-0.39, 0.29) is 5.75 Å². The smallest absolute Gasteiger partial charge is 0.213 e. The van der Waals surface area contributed by atoms with Crippen LogP contribution >= 0.6 is 0 Å². The maximum atomic E-state index is 12.5. The molecule has 0 bridgehead atoms. The summed E-state index contributed by atoms with van der Waals surface area (Å²) < 4.78 is 31.1. The number of fused-ring (bicyclic) bond motifs is 1. The zero-order valence-electron chi connectivity index (χ0n) is 19.8. The van der Waals surface area contributed by atoms with E-state index in [0.29, 0.717) is 23.3 Å². The lowest BCUT2D eigenvalue weighted by Gasteiger charge is -2.35. The van der Waals surface area contributed by atoms with Gasteiger partial charge in [0.2, 0.25) is 5.88 Å². The van der Waals surface area contributed by atoms with E-state index in [1.54, 1.807) is 25.4 Å². The maximum Gasteiger partial charge on any atom is 0.213 e. The molecule has 0 spiro atoms. The first-order chi connectivity index (χ1) is 17.0. The fraction of sp³-hybridized carbons (Fsp3) is 0.286. The highest BCUT2D eigenvalue weighted by molar-refractivity contribution is 7.91. The number of piperidine rings is 1. The number of sulfone groups is 1. The van der Waals surface area contributed by atoms with Crippen LogP contribution in [0.25, 0.3) is 22.0 Å². The number of para-hydroxylation sites is 1. The van der Waals surface area contributed by atoms with Gasteiger partial charge in [-0.05, 0) is 66.8 Å². The number of rotatable bonds is 7. The molecule has 1 aliphatic rings. The molecule has 2 aromatic carbocycles. The topological polar surface area (TPSA) is 72.4 Å². The Bertz CT molecular complexity index is 1420. The van der Waals surface area contributed by atoms with Crippen LogP contribution in [-0.4, -0.2) is 43.8 Å². The molecular formula is C28H29N3O3S. The van der Waals surface area contributed by atoms with Crippen LogP contribution in [0.2, 0.25) is 0 Å². The van der Waals surface area contributed by atoms with Gasteiger partial charge in [-0.3, -0.25) is 4.98 Å². The average molecular weight is 488 g/mol. The normalized spacial score (nSPS) is 14.8. The number of aromatic nitrogens is 2. The van der Waals surface area contributed by atoms with Crippen LogP contribution in [0.1, 0.15) is 19.8 Å². The average Bonchev–Trinajstić information content (AvgIpc) is 2.92.